The monoisotopic (exact) mass is 514 g/mol. The van der Waals surface area contributed by atoms with E-state index in [1.807, 2.05) is 18.2 Å². The van der Waals surface area contributed by atoms with Crippen LogP contribution >= 0.6 is 11.6 Å². The van der Waals surface area contributed by atoms with E-state index in [4.69, 9.17) is 30.5 Å². The highest BCUT2D eigenvalue weighted by Gasteiger charge is 2.15. The van der Waals surface area contributed by atoms with Gasteiger partial charge in [0.2, 0.25) is 0 Å². The number of benzene rings is 3. The van der Waals surface area contributed by atoms with E-state index in [0.29, 0.717) is 56.1 Å². The van der Waals surface area contributed by atoms with Crippen LogP contribution in [0.5, 0.6) is 28.7 Å². The number of pyridine rings is 2. The van der Waals surface area contributed by atoms with Gasteiger partial charge in [0.25, 0.3) is 5.56 Å². The lowest BCUT2D eigenvalue weighted by molar-refractivity contribution is 0.355. The van der Waals surface area contributed by atoms with Crippen molar-refractivity contribution in [3.05, 3.63) is 101 Å². The lowest BCUT2D eigenvalue weighted by atomic mass is 10.1. The highest BCUT2D eigenvalue weighted by Crippen LogP contribution is 2.38. The van der Waals surface area contributed by atoms with Crippen LogP contribution in [0, 0.1) is 0 Å². The molecule has 0 spiro atoms. The molecule has 0 bridgehead atoms. The Morgan fingerprint density at radius 1 is 0.757 bits per heavy atom. The van der Waals surface area contributed by atoms with Crippen molar-refractivity contribution in [3.8, 4) is 45.6 Å². The molecule has 2 heterocycles. The van der Waals surface area contributed by atoms with Gasteiger partial charge in [-0.2, -0.15) is 0 Å². The number of rotatable bonds is 7. The molecule has 0 fully saturated rings. The van der Waals surface area contributed by atoms with Crippen LogP contribution in [-0.4, -0.2) is 30.9 Å². The third kappa shape index (κ3) is 4.69. The molecule has 0 radical (unpaired) electrons. The number of hydrogen-bond donors (Lipinski definition) is 0. The van der Waals surface area contributed by atoms with Crippen LogP contribution in [0.2, 0.25) is 5.02 Å². The van der Waals surface area contributed by atoms with Gasteiger partial charge in [-0.25, -0.2) is 0 Å². The Labute approximate surface area is 218 Å². The number of hydrogen-bond acceptors (Lipinski definition) is 6. The average molecular weight is 515 g/mol. The normalized spacial score (nSPS) is 10.8. The molecule has 8 heteroatoms. The molecule has 0 atom stereocenters. The van der Waals surface area contributed by atoms with Crippen LogP contribution < -0.4 is 24.5 Å². The lowest BCUT2D eigenvalue weighted by Crippen LogP contribution is -2.19. The standard InChI is InChI=1S/C29H23ClN2O5/c1-34-26-15-20(37-25-11-12-31-24-17-28(36-3)27(35-2)16-23(24)25)9-10-21(26)22-8-5-13-32(29(22)33)19-7-4-6-18(30)14-19/h4-17H,1-3H3. The van der Waals surface area contributed by atoms with E-state index in [2.05, 4.69) is 4.98 Å². The topological polar surface area (TPSA) is 71.8 Å². The molecule has 186 valence electrons. The molecule has 0 aliphatic carbocycles. The van der Waals surface area contributed by atoms with Gasteiger partial charge in [0.1, 0.15) is 17.2 Å². The predicted molar refractivity (Wildman–Crippen MR) is 144 cm³/mol. The van der Waals surface area contributed by atoms with Crippen LogP contribution in [0.25, 0.3) is 27.7 Å². The highest BCUT2D eigenvalue weighted by atomic mass is 35.5. The van der Waals surface area contributed by atoms with Crippen molar-refractivity contribution < 1.29 is 18.9 Å². The summed E-state index contributed by atoms with van der Waals surface area (Å²) in [7, 11) is 4.71. The Hall–Kier alpha value is -4.49. The molecule has 0 amide bonds. The first-order valence-corrected chi connectivity index (χ1v) is 11.7. The summed E-state index contributed by atoms with van der Waals surface area (Å²) in [5.74, 6) is 2.77. The first kappa shape index (κ1) is 24.2. The fourth-order valence-electron chi connectivity index (χ4n) is 4.15. The van der Waals surface area contributed by atoms with Crippen LogP contribution in [0.3, 0.4) is 0 Å². The summed E-state index contributed by atoms with van der Waals surface area (Å²) < 4.78 is 24.3. The molecular weight excluding hydrogens is 492 g/mol. The molecule has 0 aliphatic heterocycles. The first-order valence-electron chi connectivity index (χ1n) is 11.4. The van der Waals surface area contributed by atoms with Crippen molar-refractivity contribution in [2.24, 2.45) is 0 Å². The molecule has 5 rings (SSSR count). The van der Waals surface area contributed by atoms with E-state index in [1.165, 1.54) is 0 Å². The van der Waals surface area contributed by atoms with Crippen molar-refractivity contribution in [1.82, 2.24) is 9.55 Å². The summed E-state index contributed by atoms with van der Waals surface area (Å²) in [6.45, 7) is 0. The highest BCUT2D eigenvalue weighted by molar-refractivity contribution is 6.30. The molecular formula is C29H23ClN2O5. The van der Waals surface area contributed by atoms with Gasteiger partial charge >= 0.3 is 0 Å². The summed E-state index contributed by atoms with van der Waals surface area (Å²) in [4.78, 5) is 17.8. The molecule has 0 saturated carbocycles. The minimum absolute atomic E-state index is 0.196. The van der Waals surface area contributed by atoms with E-state index >= 15 is 0 Å². The van der Waals surface area contributed by atoms with Gasteiger partial charge in [-0.15, -0.1) is 0 Å². The Balaban J connectivity index is 1.54. The van der Waals surface area contributed by atoms with Gasteiger partial charge in [0, 0.05) is 40.5 Å². The maximum absolute atomic E-state index is 13.4. The van der Waals surface area contributed by atoms with Crippen molar-refractivity contribution in [2.75, 3.05) is 21.3 Å². The summed E-state index contributed by atoms with van der Waals surface area (Å²) in [5, 5.41) is 1.31. The summed E-state index contributed by atoms with van der Waals surface area (Å²) in [5.41, 5.74) is 2.30. The van der Waals surface area contributed by atoms with Crippen molar-refractivity contribution in [1.29, 1.82) is 0 Å². The van der Waals surface area contributed by atoms with Crippen molar-refractivity contribution in [2.45, 2.75) is 0 Å². The van der Waals surface area contributed by atoms with Crippen LogP contribution in [0.4, 0.5) is 0 Å². The van der Waals surface area contributed by atoms with Gasteiger partial charge < -0.3 is 18.9 Å². The van der Waals surface area contributed by atoms with Crippen LogP contribution in [0.1, 0.15) is 0 Å². The lowest BCUT2D eigenvalue weighted by Gasteiger charge is -2.15. The molecule has 0 aliphatic rings. The van der Waals surface area contributed by atoms with Crippen LogP contribution in [0.15, 0.2) is 90.0 Å². The zero-order chi connectivity index (χ0) is 25.9. The third-order valence-corrected chi connectivity index (χ3v) is 6.17. The molecule has 0 N–H and O–H groups in total. The summed E-state index contributed by atoms with van der Waals surface area (Å²) in [6, 6.07) is 21.5. The quantitative estimate of drug-likeness (QED) is 0.246. The third-order valence-electron chi connectivity index (χ3n) is 5.93. The smallest absolute Gasteiger partial charge is 0.263 e. The number of methoxy groups -OCH3 is 3. The zero-order valence-corrected chi connectivity index (χ0v) is 21.2. The van der Waals surface area contributed by atoms with E-state index < -0.39 is 0 Å². The minimum atomic E-state index is -0.196. The molecule has 0 unspecified atom stereocenters. The van der Waals surface area contributed by atoms with E-state index in [-0.39, 0.29) is 5.56 Å². The second kappa shape index (κ2) is 10.2. The Morgan fingerprint density at radius 3 is 2.30 bits per heavy atom. The number of ether oxygens (including phenoxy) is 4. The average Bonchev–Trinajstić information content (AvgIpc) is 2.92. The van der Waals surface area contributed by atoms with Gasteiger partial charge in [0.05, 0.1) is 38.1 Å². The Morgan fingerprint density at radius 2 is 1.54 bits per heavy atom. The minimum Gasteiger partial charge on any atom is -0.496 e. The summed E-state index contributed by atoms with van der Waals surface area (Å²) >= 11 is 6.14. The number of fused-ring (bicyclic) bond motifs is 1. The molecule has 2 aromatic heterocycles. The second-order valence-electron chi connectivity index (χ2n) is 8.07. The van der Waals surface area contributed by atoms with Crippen molar-refractivity contribution >= 4 is 22.5 Å². The van der Waals surface area contributed by atoms with E-state index in [9.17, 15) is 4.79 Å². The zero-order valence-electron chi connectivity index (χ0n) is 20.4. The van der Waals surface area contributed by atoms with E-state index in [1.54, 1.807) is 92.9 Å². The fraction of sp³-hybridized carbons (Fsp3) is 0.103. The maximum Gasteiger partial charge on any atom is 0.263 e. The molecule has 0 saturated heterocycles. The first-order chi connectivity index (χ1) is 18.0. The number of halogens is 1. The van der Waals surface area contributed by atoms with Crippen LogP contribution in [-0.2, 0) is 0 Å². The fourth-order valence-corrected chi connectivity index (χ4v) is 4.33. The number of aromatic nitrogens is 2. The Bertz CT molecular complexity index is 1660. The van der Waals surface area contributed by atoms with Gasteiger partial charge in [-0.3, -0.25) is 14.3 Å². The van der Waals surface area contributed by atoms with Gasteiger partial charge in [-0.05, 0) is 54.6 Å². The molecule has 3 aromatic carbocycles. The van der Waals surface area contributed by atoms with E-state index in [0.717, 1.165) is 5.39 Å². The number of nitrogens with zero attached hydrogens (tertiary/aromatic N) is 2. The second-order valence-corrected chi connectivity index (χ2v) is 8.51. The van der Waals surface area contributed by atoms with Crippen molar-refractivity contribution in [3.63, 3.8) is 0 Å². The maximum atomic E-state index is 13.4. The molecule has 37 heavy (non-hydrogen) atoms. The molecule has 5 aromatic rings. The van der Waals surface area contributed by atoms with Gasteiger partial charge in [0.15, 0.2) is 11.5 Å². The predicted octanol–water partition coefficient (Wildman–Crippen LogP) is 6.52. The largest absolute Gasteiger partial charge is 0.496 e. The Kier molecular flexibility index (Phi) is 6.70. The van der Waals surface area contributed by atoms with Gasteiger partial charge in [-0.1, -0.05) is 17.7 Å². The summed E-state index contributed by atoms with van der Waals surface area (Å²) in [6.07, 6.45) is 3.37. The SMILES string of the molecule is COc1cc2nccc(Oc3ccc(-c4cccn(-c5cccc(Cl)c5)c4=O)c(OC)c3)c2cc1OC. The molecule has 7 nitrogen and oxygen atoms in total.